The van der Waals surface area contributed by atoms with Crippen molar-refractivity contribution < 1.29 is 0 Å². The zero-order valence-corrected chi connectivity index (χ0v) is 19.2. The maximum Gasteiger partial charge on any atom is 0.00947 e. The van der Waals surface area contributed by atoms with Crippen LogP contribution in [-0.4, -0.2) is 0 Å². The van der Waals surface area contributed by atoms with E-state index in [-0.39, 0.29) is 0 Å². The fraction of sp³-hybridized carbons (Fsp3) is 0.355. The molecular weight excluding hydrogens is 372 g/mol. The molecule has 0 fully saturated rings. The van der Waals surface area contributed by atoms with Crippen LogP contribution in [0.25, 0.3) is 0 Å². The minimum atomic E-state index is 0.397. The van der Waals surface area contributed by atoms with Gasteiger partial charge in [0.05, 0.1) is 0 Å². The summed E-state index contributed by atoms with van der Waals surface area (Å²) in [5.41, 5.74) is 9.88. The second-order valence-corrected chi connectivity index (χ2v) is 9.47. The van der Waals surface area contributed by atoms with Crippen LogP contribution < -0.4 is 0 Å². The average Bonchev–Trinajstić information content (AvgIpc) is 3.26. The van der Waals surface area contributed by atoms with Gasteiger partial charge in [0.25, 0.3) is 0 Å². The number of allylic oxidation sites excluding steroid dienone is 12. The van der Waals surface area contributed by atoms with Crippen LogP contribution in [0.2, 0.25) is 0 Å². The summed E-state index contributed by atoms with van der Waals surface area (Å²) in [6.45, 7) is 13.5. The highest BCUT2D eigenvalue weighted by molar-refractivity contribution is 5.58. The molecule has 0 saturated carbocycles. The highest BCUT2D eigenvalue weighted by Crippen LogP contribution is 2.45. The van der Waals surface area contributed by atoms with Gasteiger partial charge in [-0.05, 0) is 66.2 Å². The first kappa shape index (κ1) is 21.6. The molecule has 0 nitrogen and oxygen atoms in total. The molecule has 0 saturated heterocycles. The van der Waals surface area contributed by atoms with Crippen LogP contribution in [0.3, 0.4) is 0 Å². The number of rotatable bonds is 8. The molecule has 0 bridgehead atoms. The van der Waals surface area contributed by atoms with Crippen LogP contribution in [-0.2, 0) is 6.42 Å². The minimum absolute atomic E-state index is 0.397. The van der Waals surface area contributed by atoms with Gasteiger partial charge in [-0.2, -0.15) is 0 Å². The quantitative estimate of drug-likeness (QED) is 0.404. The summed E-state index contributed by atoms with van der Waals surface area (Å²) in [6.07, 6.45) is 20.7. The Bertz CT molecular complexity index is 990. The van der Waals surface area contributed by atoms with Crippen molar-refractivity contribution in [3.63, 3.8) is 0 Å². The summed E-state index contributed by atoms with van der Waals surface area (Å²) < 4.78 is 0. The monoisotopic (exact) mass is 408 g/mol. The van der Waals surface area contributed by atoms with Crippen LogP contribution in [0.5, 0.6) is 0 Å². The molecule has 4 rings (SSSR count). The average molecular weight is 409 g/mol. The summed E-state index contributed by atoms with van der Waals surface area (Å²) in [4.78, 5) is 0. The molecule has 0 heterocycles. The molecule has 1 aromatic rings. The molecule has 160 valence electrons. The Hall–Kier alpha value is -2.60. The van der Waals surface area contributed by atoms with Gasteiger partial charge < -0.3 is 0 Å². The lowest BCUT2D eigenvalue weighted by molar-refractivity contribution is 0.351. The van der Waals surface area contributed by atoms with E-state index in [0.717, 1.165) is 25.7 Å². The zero-order chi connectivity index (χ0) is 21.8. The molecule has 0 aromatic heterocycles. The lowest BCUT2D eigenvalue weighted by atomic mass is 9.69. The normalized spacial score (nSPS) is 22.3. The predicted molar refractivity (Wildman–Crippen MR) is 135 cm³/mol. The second-order valence-electron chi connectivity index (χ2n) is 9.47. The van der Waals surface area contributed by atoms with Crippen molar-refractivity contribution in [1.82, 2.24) is 0 Å². The largest absolute Gasteiger partial charge is 0.0955 e. The summed E-state index contributed by atoms with van der Waals surface area (Å²) >= 11 is 0. The molecule has 1 aromatic carbocycles. The van der Waals surface area contributed by atoms with Crippen molar-refractivity contribution in [1.29, 1.82) is 0 Å². The summed E-state index contributed by atoms with van der Waals surface area (Å²) in [5.74, 6) is 1.59. The van der Waals surface area contributed by atoms with Crippen molar-refractivity contribution in [2.24, 2.45) is 17.8 Å². The molecule has 3 aliphatic rings. The Kier molecular flexibility index (Phi) is 6.76. The highest BCUT2D eigenvalue weighted by atomic mass is 14.4. The van der Waals surface area contributed by atoms with Crippen LogP contribution in [0, 0.1) is 17.8 Å². The first-order valence-corrected chi connectivity index (χ1v) is 12.0. The first-order valence-electron chi connectivity index (χ1n) is 12.0. The van der Waals surface area contributed by atoms with E-state index in [2.05, 4.69) is 93.8 Å². The van der Waals surface area contributed by atoms with Gasteiger partial charge in [0.1, 0.15) is 0 Å². The molecule has 31 heavy (non-hydrogen) atoms. The fourth-order valence-electron chi connectivity index (χ4n) is 5.45. The third-order valence-corrected chi connectivity index (χ3v) is 7.31. The van der Waals surface area contributed by atoms with E-state index in [1.165, 1.54) is 46.3 Å². The molecule has 3 aliphatic carbocycles. The van der Waals surface area contributed by atoms with Crippen LogP contribution >= 0.6 is 0 Å². The third kappa shape index (κ3) is 4.85. The van der Waals surface area contributed by atoms with E-state index < -0.39 is 0 Å². The maximum absolute atomic E-state index is 4.61. The Morgan fingerprint density at radius 1 is 1.03 bits per heavy atom. The molecular formula is C31H36. The van der Waals surface area contributed by atoms with Crippen molar-refractivity contribution in [2.45, 2.75) is 52.4 Å². The number of hydrogen-bond donors (Lipinski definition) is 0. The zero-order valence-electron chi connectivity index (χ0n) is 19.2. The van der Waals surface area contributed by atoms with E-state index in [1.54, 1.807) is 5.57 Å². The number of hydrogen-bond acceptors (Lipinski definition) is 0. The van der Waals surface area contributed by atoms with E-state index in [0.29, 0.717) is 17.8 Å². The fourth-order valence-corrected chi connectivity index (χ4v) is 5.45. The molecule has 0 aliphatic heterocycles. The SMILES string of the molecule is C=C1C=CC(CC(CCC)C(C)C2=CC3=C(C=CC3)C(=C)C2Cc2ccccc2)=CC1. The third-order valence-electron chi connectivity index (χ3n) is 7.31. The summed E-state index contributed by atoms with van der Waals surface area (Å²) in [6, 6.07) is 10.9. The minimum Gasteiger partial charge on any atom is -0.0955 e. The Morgan fingerprint density at radius 2 is 1.84 bits per heavy atom. The number of benzene rings is 1. The summed E-state index contributed by atoms with van der Waals surface area (Å²) in [7, 11) is 0. The first-order chi connectivity index (χ1) is 15.1. The molecule has 0 heteroatoms. The van der Waals surface area contributed by atoms with Crippen molar-refractivity contribution >= 4 is 0 Å². The van der Waals surface area contributed by atoms with Crippen LogP contribution in [0.15, 0.2) is 113 Å². The molecule has 0 spiro atoms. The van der Waals surface area contributed by atoms with Crippen molar-refractivity contribution in [3.8, 4) is 0 Å². The van der Waals surface area contributed by atoms with Gasteiger partial charge in [0.15, 0.2) is 0 Å². The Labute approximate surface area is 189 Å². The standard InChI is InChI=1S/C31H36/c1-5-10-27(19-26-17-15-22(2)16-18-26)23(3)31-21-28-13-9-14-29(28)24(4)30(31)20-25-11-7-6-8-12-25/h6-9,11-12,14-15,17-18,21,23,27,30H,2,4-5,10,13,16,19-20H2,1,3H3. The van der Waals surface area contributed by atoms with Gasteiger partial charge in [0.2, 0.25) is 0 Å². The van der Waals surface area contributed by atoms with E-state index in [1.807, 2.05) is 0 Å². The van der Waals surface area contributed by atoms with Crippen molar-refractivity contribution in [3.05, 3.63) is 119 Å². The molecule has 0 N–H and O–H groups in total. The van der Waals surface area contributed by atoms with Gasteiger partial charge in [-0.3, -0.25) is 0 Å². The van der Waals surface area contributed by atoms with E-state index in [4.69, 9.17) is 0 Å². The molecule has 3 unspecified atom stereocenters. The molecule has 0 radical (unpaired) electrons. The maximum atomic E-state index is 4.61. The van der Waals surface area contributed by atoms with Crippen LogP contribution in [0.1, 0.15) is 51.5 Å². The van der Waals surface area contributed by atoms with E-state index in [9.17, 15) is 0 Å². The lowest BCUT2D eigenvalue weighted by Crippen LogP contribution is -2.25. The summed E-state index contributed by atoms with van der Waals surface area (Å²) in [5, 5.41) is 0. The van der Waals surface area contributed by atoms with Gasteiger partial charge in [-0.25, -0.2) is 0 Å². The Balaban J connectivity index is 1.62. The second kappa shape index (κ2) is 9.69. The van der Waals surface area contributed by atoms with Gasteiger partial charge in [0, 0.05) is 5.92 Å². The van der Waals surface area contributed by atoms with Crippen LogP contribution in [0.4, 0.5) is 0 Å². The topological polar surface area (TPSA) is 0 Å². The highest BCUT2D eigenvalue weighted by Gasteiger charge is 2.33. The van der Waals surface area contributed by atoms with Gasteiger partial charge >= 0.3 is 0 Å². The van der Waals surface area contributed by atoms with Gasteiger partial charge in [-0.1, -0.05) is 117 Å². The smallest absolute Gasteiger partial charge is 0.00947 e. The molecule has 3 atom stereocenters. The molecule has 0 amide bonds. The van der Waals surface area contributed by atoms with Gasteiger partial charge in [-0.15, -0.1) is 0 Å². The van der Waals surface area contributed by atoms with E-state index >= 15 is 0 Å². The lowest BCUT2D eigenvalue weighted by Gasteiger charge is -2.36. The van der Waals surface area contributed by atoms with Crippen molar-refractivity contribution in [2.75, 3.05) is 0 Å². The Morgan fingerprint density at radius 3 is 2.55 bits per heavy atom. The predicted octanol–water partition coefficient (Wildman–Crippen LogP) is 8.48.